The van der Waals surface area contributed by atoms with E-state index in [1.807, 2.05) is 37.3 Å². The SMILES string of the molecule is CCC(CNC(=O)C1(c2ccccc2)CCCC1)C(=O)O. The number of rotatable bonds is 6. The van der Waals surface area contributed by atoms with Crippen LogP contribution in [0.4, 0.5) is 0 Å². The van der Waals surface area contributed by atoms with Gasteiger partial charge in [0.2, 0.25) is 5.91 Å². The van der Waals surface area contributed by atoms with Crippen LogP contribution in [0.25, 0.3) is 0 Å². The van der Waals surface area contributed by atoms with Gasteiger partial charge in [0.15, 0.2) is 0 Å². The van der Waals surface area contributed by atoms with E-state index in [0.29, 0.717) is 6.42 Å². The van der Waals surface area contributed by atoms with Crippen molar-refractivity contribution in [2.75, 3.05) is 6.54 Å². The van der Waals surface area contributed by atoms with Crippen LogP contribution in [0, 0.1) is 5.92 Å². The van der Waals surface area contributed by atoms with Gasteiger partial charge in [-0.25, -0.2) is 0 Å². The third-order valence-electron chi connectivity index (χ3n) is 4.57. The van der Waals surface area contributed by atoms with E-state index in [2.05, 4.69) is 5.32 Å². The van der Waals surface area contributed by atoms with E-state index < -0.39 is 17.3 Å². The lowest BCUT2D eigenvalue weighted by atomic mass is 9.78. The number of carbonyl (C=O) groups is 2. The highest BCUT2D eigenvalue weighted by molar-refractivity contribution is 5.89. The van der Waals surface area contributed by atoms with Gasteiger partial charge in [0.25, 0.3) is 0 Å². The van der Waals surface area contributed by atoms with Crippen LogP contribution in [0.15, 0.2) is 30.3 Å². The summed E-state index contributed by atoms with van der Waals surface area (Å²) in [5, 5.41) is 12.0. The monoisotopic (exact) mass is 289 g/mol. The fourth-order valence-electron chi connectivity index (χ4n) is 3.17. The van der Waals surface area contributed by atoms with Crippen LogP contribution >= 0.6 is 0 Å². The fraction of sp³-hybridized carbons (Fsp3) is 0.529. The molecule has 0 aliphatic heterocycles. The number of aliphatic carboxylic acids is 1. The number of carboxylic acid groups (broad SMARTS) is 1. The molecule has 0 heterocycles. The minimum absolute atomic E-state index is 0.0223. The Morgan fingerprint density at radius 1 is 1.24 bits per heavy atom. The Balaban J connectivity index is 2.12. The van der Waals surface area contributed by atoms with Crippen LogP contribution < -0.4 is 5.32 Å². The Labute approximate surface area is 125 Å². The van der Waals surface area contributed by atoms with Crippen molar-refractivity contribution in [2.24, 2.45) is 5.92 Å². The summed E-state index contributed by atoms with van der Waals surface area (Å²) in [6, 6.07) is 9.85. The molecule has 0 bridgehead atoms. The number of carbonyl (C=O) groups excluding carboxylic acids is 1. The van der Waals surface area contributed by atoms with Gasteiger partial charge in [0.1, 0.15) is 0 Å². The van der Waals surface area contributed by atoms with Crippen molar-refractivity contribution in [3.63, 3.8) is 0 Å². The molecule has 1 unspecified atom stereocenters. The summed E-state index contributed by atoms with van der Waals surface area (Å²) in [5.74, 6) is -1.38. The predicted molar refractivity (Wildman–Crippen MR) is 81.0 cm³/mol. The van der Waals surface area contributed by atoms with E-state index in [1.54, 1.807) is 0 Å². The van der Waals surface area contributed by atoms with Crippen molar-refractivity contribution < 1.29 is 14.7 Å². The highest BCUT2D eigenvalue weighted by atomic mass is 16.4. The molecule has 4 heteroatoms. The molecule has 1 aliphatic carbocycles. The quantitative estimate of drug-likeness (QED) is 0.846. The summed E-state index contributed by atoms with van der Waals surface area (Å²) < 4.78 is 0. The van der Waals surface area contributed by atoms with Crippen molar-refractivity contribution in [1.82, 2.24) is 5.32 Å². The standard InChI is InChI=1S/C17H23NO3/c1-2-13(15(19)20)12-18-16(21)17(10-6-7-11-17)14-8-4-3-5-9-14/h3-5,8-9,13H,2,6-7,10-12H2,1H3,(H,18,21)(H,19,20). The lowest BCUT2D eigenvalue weighted by Crippen LogP contribution is -2.45. The van der Waals surface area contributed by atoms with Gasteiger partial charge >= 0.3 is 5.97 Å². The van der Waals surface area contributed by atoms with Crippen LogP contribution in [-0.4, -0.2) is 23.5 Å². The van der Waals surface area contributed by atoms with Crippen molar-refractivity contribution >= 4 is 11.9 Å². The molecule has 1 atom stereocenters. The molecule has 1 amide bonds. The number of nitrogens with one attached hydrogen (secondary N) is 1. The fourth-order valence-corrected chi connectivity index (χ4v) is 3.17. The smallest absolute Gasteiger partial charge is 0.308 e. The van der Waals surface area contributed by atoms with Crippen molar-refractivity contribution in [3.8, 4) is 0 Å². The third-order valence-corrected chi connectivity index (χ3v) is 4.57. The first kappa shape index (κ1) is 15.5. The highest BCUT2D eigenvalue weighted by Gasteiger charge is 2.42. The van der Waals surface area contributed by atoms with Crippen molar-refractivity contribution in [2.45, 2.75) is 44.4 Å². The lowest BCUT2D eigenvalue weighted by molar-refractivity contribution is -0.141. The molecule has 0 aromatic heterocycles. The summed E-state index contributed by atoms with van der Waals surface area (Å²) >= 11 is 0. The van der Waals surface area contributed by atoms with Gasteiger partial charge in [-0.15, -0.1) is 0 Å². The zero-order chi connectivity index (χ0) is 15.3. The minimum Gasteiger partial charge on any atom is -0.481 e. The lowest BCUT2D eigenvalue weighted by Gasteiger charge is -2.29. The van der Waals surface area contributed by atoms with Crippen LogP contribution in [0.3, 0.4) is 0 Å². The van der Waals surface area contributed by atoms with Gasteiger partial charge in [-0.2, -0.15) is 0 Å². The Hall–Kier alpha value is -1.84. The van der Waals surface area contributed by atoms with Gasteiger partial charge in [0.05, 0.1) is 11.3 Å². The van der Waals surface area contributed by atoms with E-state index >= 15 is 0 Å². The topological polar surface area (TPSA) is 66.4 Å². The summed E-state index contributed by atoms with van der Waals surface area (Å²) in [6.07, 6.45) is 4.28. The van der Waals surface area contributed by atoms with E-state index in [0.717, 1.165) is 31.2 Å². The van der Waals surface area contributed by atoms with Gasteiger partial charge in [0, 0.05) is 6.54 Å². The normalized spacial score (nSPS) is 18.1. The largest absolute Gasteiger partial charge is 0.481 e. The summed E-state index contributed by atoms with van der Waals surface area (Å²) in [6.45, 7) is 2.03. The van der Waals surface area contributed by atoms with Crippen LogP contribution in [0.1, 0.15) is 44.6 Å². The van der Waals surface area contributed by atoms with E-state index in [4.69, 9.17) is 5.11 Å². The summed E-state index contributed by atoms with van der Waals surface area (Å²) in [7, 11) is 0. The Morgan fingerprint density at radius 2 is 1.86 bits per heavy atom. The maximum Gasteiger partial charge on any atom is 0.308 e. The highest BCUT2D eigenvalue weighted by Crippen LogP contribution is 2.41. The average molecular weight is 289 g/mol. The van der Waals surface area contributed by atoms with Crippen molar-refractivity contribution in [1.29, 1.82) is 0 Å². The molecule has 1 aromatic carbocycles. The van der Waals surface area contributed by atoms with E-state index in [9.17, 15) is 9.59 Å². The molecule has 1 fully saturated rings. The molecule has 0 radical (unpaired) electrons. The molecule has 0 saturated heterocycles. The predicted octanol–water partition coefficient (Wildman–Crippen LogP) is 2.73. The molecule has 1 aromatic rings. The molecule has 0 spiro atoms. The first-order chi connectivity index (χ1) is 10.1. The molecule has 1 saturated carbocycles. The van der Waals surface area contributed by atoms with Gasteiger partial charge in [-0.05, 0) is 24.8 Å². The molecular weight excluding hydrogens is 266 g/mol. The van der Waals surface area contributed by atoms with Gasteiger partial charge in [-0.1, -0.05) is 50.1 Å². The maximum absolute atomic E-state index is 12.7. The second-order valence-corrected chi connectivity index (χ2v) is 5.81. The summed E-state index contributed by atoms with van der Waals surface area (Å²) in [5.41, 5.74) is 0.571. The number of carboxylic acids is 1. The maximum atomic E-state index is 12.7. The van der Waals surface area contributed by atoms with Crippen LogP contribution in [0.5, 0.6) is 0 Å². The zero-order valence-electron chi connectivity index (χ0n) is 12.5. The molecule has 2 N–H and O–H groups in total. The number of amides is 1. The van der Waals surface area contributed by atoms with Crippen LogP contribution in [-0.2, 0) is 15.0 Å². The Morgan fingerprint density at radius 3 is 2.38 bits per heavy atom. The molecule has 2 rings (SSSR count). The first-order valence-electron chi connectivity index (χ1n) is 7.67. The molecule has 4 nitrogen and oxygen atoms in total. The molecule has 21 heavy (non-hydrogen) atoms. The van der Waals surface area contributed by atoms with Crippen molar-refractivity contribution in [3.05, 3.63) is 35.9 Å². The number of hydrogen-bond donors (Lipinski definition) is 2. The number of benzene rings is 1. The molecule has 1 aliphatic rings. The van der Waals surface area contributed by atoms with E-state index in [1.165, 1.54) is 0 Å². The average Bonchev–Trinajstić information content (AvgIpc) is 2.99. The first-order valence-corrected chi connectivity index (χ1v) is 7.67. The summed E-state index contributed by atoms with van der Waals surface area (Å²) in [4.78, 5) is 23.8. The molecular formula is C17H23NO3. The second-order valence-electron chi connectivity index (χ2n) is 5.81. The van der Waals surface area contributed by atoms with Gasteiger partial charge < -0.3 is 10.4 Å². The third kappa shape index (κ3) is 3.26. The molecule has 114 valence electrons. The zero-order valence-corrected chi connectivity index (χ0v) is 12.5. The van der Waals surface area contributed by atoms with Gasteiger partial charge in [-0.3, -0.25) is 9.59 Å². The Kier molecular flexibility index (Phi) is 4.99. The van der Waals surface area contributed by atoms with Crippen LogP contribution in [0.2, 0.25) is 0 Å². The van der Waals surface area contributed by atoms with E-state index in [-0.39, 0.29) is 12.5 Å². The number of hydrogen-bond acceptors (Lipinski definition) is 2. The second kappa shape index (κ2) is 6.74. The Bertz CT molecular complexity index is 492. The minimum atomic E-state index is -0.849.